The van der Waals surface area contributed by atoms with E-state index in [1.54, 1.807) is 0 Å². The molecular weight excluding hydrogens is 266 g/mol. The van der Waals surface area contributed by atoms with Crippen LogP contribution in [0.15, 0.2) is 15.3 Å². The lowest BCUT2D eigenvalue weighted by atomic mass is 10.5. The zero-order valence-corrected chi connectivity index (χ0v) is 10.9. The van der Waals surface area contributed by atoms with Gasteiger partial charge in [0.05, 0.1) is 4.92 Å². The van der Waals surface area contributed by atoms with Crippen LogP contribution in [0.25, 0.3) is 0 Å². The van der Waals surface area contributed by atoms with Crippen LogP contribution in [0.3, 0.4) is 0 Å². The predicted octanol–water partition coefficient (Wildman–Crippen LogP) is 3.28. The zero-order valence-electron chi connectivity index (χ0n) is 8.46. The zero-order chi connectivity index (χ0) is 11.7. The van der Waals surface area contributed by atoms with Gasteiger partial charge in [-0.15, -0.1) is 10.2 Å². The molecule has 2 aromatic heterocycles. The fraction of sp³-hybridized carbons (Fsp3) is 0.250. The number of hydrogen-bond donors (Lipinski definition) is 0. The molecule has 0 atom stereocenters. The summed E-state index contributed by atoms with van der Waals surface area (Å²) in [5, 5.41) is 19.6. The predicted molar refractivity (Wildman–Crippen MR) is 64.5 cm³/mol. The molecule has 0 radical (unpaired) electrons. The van der Waals surface area contributed by atoms with Crippen molar-refractivity contribution >= 4 is 39.4 Å². The van der Waals surface area contributed by atoms with Crippen molar-refractivity contribution in [3.8, 4) is 0 Å². The van der Waals surface area contributed by atoms with Crippen molar-refractivity contribution in [3.05, 3.63) is 26.1 Å². The molecule has 84 valence electrons. The minimum Gasteiger partial charge on any atom is -0.258 e. The maximum absolute atomic E-state index is 10.8. The highest BCUT2D eigenvalue weighted by Gasteiger charge is 2.19. The Morgan fingerprint density at radius 1 is 1.38 bits per heavy atom. The van der Waals surface area contributed by atoms with Crippen molar-refractivity contribution in [3.63, 3.8) is 0 Å². The third-order valence-corrected chi connectivity index (χ3v) is 4.73. The number of aryl methyl sites for hydroxylation is 2. The normalized spacial score (nSPS) is 10.6. The molecule has 0 bridgehead atoms. The molecular formula is C8H7N3O2S3. The summed E-state index contributed by atoms with van der Waals surface area (Å²) in [4.78, 5) is 12.0. The van der Waals surface area contributed by atoms with Crippen LogP contribution in [0.1, 0.15) is 9.88 Å². The number of nitrogens with zero attached hydrogens (tertiary/aromatic N) is 3. The van der Waals surface area contributed by atoms with E-state index in [0.29, 0.717) is 4.90 Å². The monoisotopic (exact) mass is 273 g/mol. The van der Waals surface area contributed by atoms with E-state index in [4.69, 9.17) is 0 Å². The standard InChI is InChI=1S/C8H7N3O2S3/c1-4-3-6(7(14-4)11(12)13)16-8-10-9-5(2)15-8/h3H,1-2H3. The summed E-state index contributed by atoms with van der Waals surface area (Å²) in [6.07, 6.45) is 0. The molecule has 2 heterocycles. The molecule has 0 aromatic carbocycles. The van der Waals surface area contributed by atoms with Crippen LogP contribution >= 0.6 is 34.4 Å². The van der Waals surface area contributed by atoms with Crippen LogP contribution in [0, 0.1) is 24.0 Å². The van der Waals surface area contributed by atoms with Gasteiger partial charge in [0.15, 0.2) is 4.34 Å². The molecule has 0 saturated heterocycles. The Labute approximate surface area is 104 Å². The minimum absolute atomic E-state index is 0.176. The van der Waals surface area contributed by atoms with Crippen LogP contribution in [-0.2, 0) is 0 Å². The highest BCUT2D eigenvalue weighted by molar-refractivity contribution is 8.01. The Bertz CT molecular complexity index is 534. The van der Waals surface area contributed by atoms with E-state index < -0.39 is 0 Å². The molecule has 0 fully saturated rings. The second kappa shape index (κ2) is 4.48. The first-order chi connectivity index (χ1) is 7.56. The summed E-state index contributed by atoms with van der Waals surface area (Å²) in [6.45, 7) is 3.71. The minimum atomic E-state index is -0.353. The van der Waals surface area contributed by atoms with Crippen molar-refractivity contribution in [2.75, 3.05) is 0 Å². The second-order valence-electron chi connectivity index (χ2n) is 2.97. The average molecular weight is 273 g/mol. The van der Waals surface area contributed by atoms with Gasteiger partial charge in [0.1, 0.15) is 9.90 Å². The molecule has 0 aliphatic rings. The van der Waals surface area contributed by atoms with E-state index in [-0.39, 0.29) is 9.92 Å². The smallest absolute Gasteiger partial charge is 0.258 e. The molecule has 0 unspecified atom stereocenters. The molecule has 0 saturated carbocycles. The molecule has 2 rings (SSSR count). The summed E-state index contributed by atoms with van der Waals surface area (Å²) in [6, 6.07) is 1.81. The SMILES string of the molecule is Cc1cc(Sc2nnc(C)s2)c([N+](=O)[O-])s1. The molecule has 0 spiro atoms. The molecule has 0 amide bonds. The Morgan fingerprint density at radius 3 is 2.69 bits per heavy atom. The topological polar surface area (TPSA) is 68.9 Å². The largest absolute Gasteiger partial charge is 0.338 e. The molecule has 8 heteroatoms. The van der Waals surface area contributed by atoms with E-state index in [1.165, 1.54) is 34.4 Å². The quantitative estimate of drug-likeness (QED) is 0.634. The Hall–Kier alpha value is -0.990. The average Bonchev–Trinajstić information content (AvgIpc) is 2.74. The number of hydrogen-bond acceptors (Lipinski definition) is 7. The fourth-order valence-corrected chi connectivity index (χ4v) is 4.01. The lowest BCUT2D eigenvalue weighted by Gasteiger charge is -1.91. The Morgan fingerprint density at radius 2 is 2.12 bits per heavy atom. The first kappa shape index (κ1) is 11.5. The molecule has 5 nitrogen and oxygen atoms in total. The molecule has 16 heavy (non-hydrogen) atoms. The Kier molecular flexibility index (Phi) is 3.22. The van der Waals surface area contributed by atoms with Crippen LogP contribution in [-0.4, -0.2) is 15.1 Å². The maximum Gasteiger partial charge on any atom is 0.338 e. The molecule has 0 aliphatic heterocycles. The van der Waals surface area contributed by atoms with Crippen LogP contribution in [0.2, 0.25) is 0 Å². The van der Waals surface area contributed by atoms with E-state index in [2.05, 4.69) is 10.2 Å². The first-order valence-electron chi connectivity index (χ1n) is 4.29. The van der Waals surface area contributed by atoms with Crippen LogP contribution in [0.4, 0.5) is 5.00 Å². The van der Waals surface area contributed by atoms with Gasteiger partial charge in [0.25, 0.3) is 0 Å². The third kappa shape index (κ3) is 2.39. The Balaban J connectivity index is 2.30. The molecule has 0 aliphatic carbocycles. The number of rotatable bonds is 3. The number of thiophene rings is 1. The van der Waals surface area contributed by atoms with Crippen LogP contribution < -0.4 is 0 Å². The highest BCUT2D eigenvalue weighted by Crippen LogP contribution is 2.41. The van der Waals surface area contributed by atoms with Gasteiger partial charge in [-0.05, 0) is 31.7 Å². The van der Waals surface area contributed by atoms with Gasteiger partial charge in [-0.3, -0.25) is 10.1 Å². The lowest BCUT2D eigenvalue weighted by Crippen LogP contribution is -1.84. The van der Waals surface area contributed by atoms with E-state index in [9.17, 15) is 10.1 Å². The van der Waals surface area contributed by atoms with E-state index in [0.717, 1.165) is 14.2 Å². The fourth-order valence-electron chi connectivity index (χ4n) is 1.09. The molecule has 2 aromatic rings. The van der Waals surface area contributed by atoms with E-state index >= 15 is 0 Å². The third-order valence-electron chi connectivity index (χ3n) is 1.67. The number of nitro groups is 1. The first-order valence-corrected chi connectivity index (χ1v) is 6.74. The summed E-state index contributed by atoms with van der Waals surface area (Å²) in [5.41, 5.74) is 0. The number of aromatic nitrogens is 2. The van der Waals surface area contributed by atoms with Crippen molar-refractivity contribution in [2.45, 2.75) is 23.1 Å². The van der Waals surface area contributed by atoms with Crippen molar-refractivity contribution in [1.29, 1.82) is 0 Å². The van der Waals surface area contributed by atoms with Gasteiger partial charge in [0, 0.05) is 4.88 Å². The van der Waals surface area contributed by atoms with Gasteiger partial charge in [-0.25, -0.2) is 0 Å². The summed E-state index contributed by atoms with van der Waals surface area (Å²) in [5.74, 6) is 0. The second-order valence-corrected chi connectivity index (χ2v) is 6.68. The summed E-state index contributed by atoms with van der Waals surface area (Å²) in [7, 11) is 0. The summed E-state index contributed by atoms with van der Waals surface area (Å²) >= 11 is 3.92. The van der Waals surface area contributed by atoms with Gasteiger partial charge >= 0.3 is 5.00 Å². The van der Waals surface area contributed by atoms with Gasteiger partial charge < -0.3 is 0 Å². The van der Waals surface area contributed by atoms with E-state index in [1.807, 2.05) is 19.9 Å². The van der Waals surface area contributed by atoms with Gasteiger partial charge in [-0.2, -0.15) is 0 Å². The summed E-state index contributed by atoms with van der Waals surface area (Å²) < 4.78 is 0.735. The van der Waals surface area contributed by atoms with Crippen LogP contribution in [0.5, 0.6) is 0 Å². The maximum atomic E-state index is 10.8. The lowest BCUT2D eigenvalue weighted by molar-refractivity contribution is -0.382. The van der Waals surface area contributed by atoms with Crippen molar-refractivity contribution < 1.29 is 4.92 Å². The van der Waals surface area contributed by atoms with Crippen molar-refractivity contribution in [1.82, 2.24) is 10.2 Å². The van der Waals surface area contributed by atoms with Crippen molar-refractivity contribution in [2.24, 2.45) is 0 Å². The van der Waals surface area contributed by atoms with Gasteiger partial charge in [0.2, 0.25) is 0 Å². The van der Waals surface area contributed by atoms with Gasteiger partial charge in [-0.1, -0.05) is 22.7 Å². The molecule has 0 N–H and O–H groups in total. The highest BCUT2D eigenvalue weighted by atomic mass is 32.2.